The van der Waals surface area contributed by atoms with Crippen molar-refractivity contribution in [1.82, 2.24) is 4.90 Å². The molecule has 1 aliphatic heterocycles. The summed E-state index contributed by atoms with van der Waals surface area (Å²) in [5, 5.41) is 1.96. The maximum atomic E-state index is 11.7. The normalized spacial score (nSPS) is 28.5. The highest BCUT2D eigenvalue weighted by atomic mass is 79.9. The van der Waals surface area contributed by atoms with Gasteiger partial charge in [-0.15, -0.1) is 11.3 Å². The van der Waals surface area contributed by atoms with Crippen LogP contribution in [0, 0.1) is 11.8 Å². The van der Waals surface area contributed by atoms with Gasteiger partial charge in [-0.2, -0.15) is 0 Å². The van der Waals surface area contributed by atoms with Crippen LogP contribution in [0.1, 0.15) is 11.3 Å². The Hall–Kier alpha value is -0.680. The number of imide groups is 1. The van der Waals surface area contributed by atoms with Gasteiger partial charge in [0.25, 0.3) is 0 Å². The first kappa shape index (κ1) is 9.54. The van der Waals surface area contributed by atoms with E-state index in [0.29, 0.717) is 6.54 Å². The Morgan fingerprint density at radius 3 is 2.60 bits per heavy atom. The van der Waals surface area contributed by atoms with Crippen LogP contribution in [0.15, 0.2) is 15.9 Å². The lowest BCUT2D eigenvalue weighted by molar-refractivity contribution is -0.141. The van der Waals surface area contributed by atoms with E-state index in [1.165, 1.54) is 4.90 Å². The monoisotopic (exact) mass is 285 g/mol. The van der Waals surface area contributed by atoms with Gasteiger partial charge in [-0.05, 0) is 28.4 Å². The molecule has 3 nitrogen and oxygen atoms in total. The number of hydrogen-bond acceptors (Lipinski definition) is 3. The maximum Gasteiger partial charge on any atom is 0.233 e. The molecule has 0 aromatic carbocycles. The third-order valence-electron chi connectivity index (χ3n) is 2.89. The third kappa shape index (κ3) is 1.45. The van der Waals surface area contributed by atoms with E-state index in [1.807, 2.05) is 11.4 Å². The van der Waals surface area contributed by atoms with Crippen molar-refractivity contribution in [2.45, 2.75) is 13.0 Å². The molecule has 0 N–H and O–H groups in total. The third-order valence-corrected chi connectivity index (χ3v) is 4.57. The van der Waals surface area contributed by atoms with E-state index in [1.54, 1.807) is 11.3 Å². The number of nitrogens with zero attached hydrogens (tertiary/aromatic N) is 1. The fraction of sp³-hybridized carbons (Fsp3) is 0.400. The van der Waals surface area contributed by atoms with Crippen molar-refractivity contribution in [3.8, 4) is 0 Å². The maximum absolute atomic E-state index is 11.7. The second kappa shape index (κ2) is 3.15. The Bertz CT molecular complexity index is 436. The first-order valence-corrected chi connectivity index (χ1v) is 6.42. The highest BCUT2D eigenvalue weighted by Gasteiger charge is 2.58. The van der Waals surface area contributed by atoms with Crippen LogP contribution in [0.2, 0.25) is 0 Å². The molecule has 0 radical (unpaired) electrons. The summed E-state index contributed by atoms with van der Waals surface area (Å²) in [7, 11) is 0. The van der Waals surface area contributed by atoms with Crippen LogP contribution < -0.4 is 0 Å². The lowest BCUT2D eigenvalue weighted by atomic mass is 10.4. The quantitative estimate of drug-likeness (QED) is 0.780. The number of carbonyl (C=O) groups is 2. The molecule has 0 spiro atoms. The van der Waals surface area contributed by atoms with Crippen molar-refractivity contribution < 1.29 is 9.59 Å². The zero-order valence-corrected chi connectivity index (χ0v) is 10.2. The van der Waals surface area contributed by atoms with Gasteiger partial charge < -0.3 is 0 Å². The van der Waals surface area contributed by atoms with Crippen LogP contribution >= 0.6 is 27.3 Å². The summed E-state index contributed by atoms with van der Waals surface area (Å²) in [6.07, 6.45) is 0.780. The van der Waals surface area contributed by atoms with Crippen LogP contribution in [0.5, 0.6) is 0 Å². The molecule has 1 saturated heterocycles. The van der Waals surface area contributed by atoms with E-state index in [4.69, 9.17) is 0 Å². The molecule has 2 fully saturated rings. The SMILES string of the molecule is O=C1C2CC2C(=O)N1Cc1cc(Br)cs1. The predicted octanol–water partition coefficient (Wildman–Crippen LogP) is 2.02. The molecular formula is C10H8BrNO2S. The molecule has 5 heteroatoms. The Morgan fingerprint density at radius 1 is 1.40 bits per heavy atom. The highest BCUT2D eigenvalue weighted by Crippen LogP contribution is 2.47. The zero-order valence-electron chi connectivity index (χ0n) is 7.77. The van der Waals surface area contributed by atoms with E-state index in [-0.39, 0.29) is 23.7 Å². The van der Waals surface area contributed by atoms with E-state index in [2.05, 4.69) is 15.9 Å². The number of halogens is 1. The van der Waals surface area contributed by atoms with Gasteiger partial charge in [0.2, 0.25) is 11.8 Å². The number of likely N-dealkylation sites (tertiary alicyclic amines) is 1. The van der Waals surface area contributed by atoms with Gasteiger partial charge in [-0.1, -0.05) is 0 Å². The van der Waals surface area contributed by atoms with Gasteiger partial charge in [0.15, 0.2) is 0 Å². The van der Waals surface area contributed by atoms with E-state index < -0.39 is 0 Å². The zero-order chi connectivity index (χ0) is 10.6. The van der Waals surface area contributed by atoms with E-state index in [9.17, 15) is 9.59 Å². The van der Waals surface area contributed by atoms with Crippen LogP contribution in [-0.4, -0.2) is 16.7 Å². The largest absolute Gasteiger partial charge is 0.277 e. The predicted molar refractivity (Wildman–Crippen MR) is 59.2 cm³/mol. The molecule has 78 valence electrons. The Labute approximate surface area is 99.2 Å². The average Bonchev–Trinajstić information content (AvgIpc) is 2.85. The first-order chi connectivity index (χ1) is 7.16. The Kier molecular flexibility index (Phi) is 2.01. The average molecular weight is 286 g/mol. The lowest BCUT2D eigenvalue weighted by Crippen LogP contribution is -2.31. The number of amides is 2. The molecule has 3 rings (SSSR count). The van der Waals surface area contributed by atoms with Crippen molar-refractivity contribution in [1.29, 1.82) is 0 Å². The molecule has 2 amide bonds. The van der Waals surface area contributed by atoms with Crippen LogP contribution in [0.25, 0.3) is 0 Å². The van der Waals surface area contributed by atoms with Crippen LogP contribution in [0.3, 0.4) is 0 Å². The summed E-state index contributed by atoms with van der Waals surface area (Å²) in [6, 6.07) is 1.95. The number of rotatable bonds is 2. The van der Waals surface area contributed by atoms with Crippen molar-refractivity contribution in [2.24, 2.45) is 11.8 Å². The summed E-state index contributed by atoms with van der Waals surface area (Å²) in [5.74, 6) is 0.0749. The molecule has 1 aromatic rings. The highest BCUT2D eigenvalue weighted by molar-refractivity contribution is 9.10. The first-order valence-electron chi connectivity index (χ1n) is 4.75. The van der Waals surface area contributed by atoms with E-state index >= 15 is 0 Å². The summed E-state index contributed by atoms with van der Waals surface area (Å²) in [6.45, 7) is 0.445. The minimum Gasteiger partial charge on any atom is -0.277 e. The summed E-state index contributed by atoms with van der Waals surface area (Å²) >= 11 is 4.92. The second-order valence-corrected chi connectivity index (χ2v) is 5.85. The summed E-state index contributed by atoms with van der Waals surface area (Å²) < 4.78 is 1.01. The summed E-state index contributed by atoms with van der Waals surface area (Å²) in [4.78, 5) is 25.8. The van der Waals surface area contributed by atoms with Gasteiger partial charge >= 0.3 is 0 Å². The molecule has 0 bridgehead atoms. The van der Waals surface area contributed by atoms with Crippen LogP contribution in [0.4, 0.5) is 0 Å². The second-order valence-electron chi connectivity index (χ2n) is 3.94. The standard InChI is InChI=1S/C10H8BrNO2S/c11-5-1-6(15-4-5)3-12-9(13)7-2-8(7)10(12)14/h1,4,7-8H,2-3H2. The fourth-order valence-corrected chi connectivity index (χ4v) is 3.44. The molecule has 15 heavy (non-hydrogen) atoms. The number of piperidine rings is 1. The molecule has 2 heterocycles. The van der Waals surface area contributed by atoms with Crippen molar-refractivity contribution in [2.75, 3.05) is 0 Å². The minimum atomic E-state index is 0.0147. The minimum absolute atomic E-state index is 0.0147. The lowest BCUT2D eigenvalue weighted by Gasteiger charge is -2.14. The number of carbonyl (C=O) groups excluding carboxylic acids is 2. The van der Waals surface area contributed by atoms with Crippen molar-refractivity contribution in [3.05, 3.63) is 20.8 Å². The molecule has 1 aliphatic carbocycles. The molecular weight excluding hydrogens is 278 g/mol. The van der Waals surface area contributed by atoms with Gasteiger partial charge in [-0.25, -0.2) is 0 Å². The van der Waals surface area contributed by atoms with Crippen LogP contribution in [-0.2, 0) is 16.1 Å². The molecule has 2 unspecified atom stereocenters. The van der Waals surface area contributed by atoms with E-state index in [0.717, 1.165) is 15.8 Å². The Balaban J connectivity index is 1.79. The van der Waals surface area contributed by atoms with Gasteiger partial charge in [0.05, 0.1) is 18.4 Å². The van der Waals surface area contributed by atoms with Gasteiger partial charge in [0, 0.05) is 14.7 Å². The number of thiophene rings is 1. The molecule has 2 aliphatic rings. The molecule has 2 atom stereocenters. The summed E-state index contributed by atoms with van der Waals surface area (Å²) in [5.41, 5.74) is 0. The van der Waals surface area contributed by atoms with Gasteiger partial charge in [-0.3, -0.25) is 14.5 Å². The fourth-order valence-electron chi connectivity index (χ4n) is 2.00. The van der Waals surface area contributed by atoms with Crippen molar-refractivity contribution in [3.63, 3.8) is 0 Å². The number of fused-ring (bicyclic) bond motifs is 1. The number of hydrogen-bond donors (Lipinski definition) is 0. The molecule has 1 saturated carbocycles. The van der Waals surface area contributed by atoms with Crippen molar-refractivity contribution >= 4 is 39.1 Å². The Morgan fingerprint density at radius 2 is 2.07 bits per heavy atom. The smallest absolute Gasteiger partial charge is 0.233 e. The topological polar surface area (TPSA) is 37.4 Å². The van der Waals surface area contributed by atoms with Gasteiger partial charge in [0.1, 0.15) is 0 Å². The molecule has 1 aromatic heterocycles.